The normalized spacial score (nSPS) is 18.9. The number of aromatic nitrogens is 3. The van der Waals surface area contributed by atoms with Crippen molar-refractivity contribution < 1.29 is 33.7 Å². The lowest BCUT2D eigenvalue weighted by Gasteiger charge is -2.30. The largest absolute Gasteiger partial charge is 0.494 e. The van der Waals surface area contributed by atoms with Gasteiger partial charge in [-0.05, 0) is 82.0 Å². The number of pyridine rings is 1. The van der Waals surface area contributed by atoms with Crippen molar-refractivity contribution in [1.29, 1.82) is 0 Å². The molecule has 1 saturated carbocycles. The van der Waals surface area contributed by atoms with E-state index in [1.54, 1.807) is 69.0 Å². The topological polar surface area (TPSA) is 148 Å². The highest BCUT2D eigenvalue weighted by atomic mass is 19.1. The summed E-state index contributed by atoms with van der Waals surface area (Å²) in [5, 5.41) is 33.4. The van der Waals surface area contributed by atoms with Crippen LogP contribution in [0.2, 0.25) is 0 Å². The smallest absolute Gasteiger partial charge is 0.251 e. The number of fused-ring (bicyclic) bond motifs is 2. The van der Waals surface area contributed by atoms with Crippen LogP contribution in [0.25, 0.3) is 22.2 Å². The van der Waals surface area contributed by atoms with Gasteiger partial charge in [-0.3, -0.25) is 14.3 Å². The van der Waals surface area contributed by atoms with Crippen LogP contribution in [-0.2, 0) is 22.9 Å². The molecular formula is C34H38FN5O6. The first-order valence-corrected chi connectivity index (χ1v) is 15.2. The van der Waals surface area contributed by atoms with Gasteiger partial charge in [0.2, 0.25) is 5.91 Å². The van der Waals surface area contributed by atoms with Crippen molar-refractivity contribution in [1.82, 2.24) is 25.4 Å². The van der Waals surface area contributed by atoms with Crippen molar-refractivity contribution in [3.63, 3.8) is 0 Å². The Bertz CT molecular complexity index is 1830. The van der Waals surface area contributed by atoms with Crippen molar-refractivity contribution in [2.45, 2.75) is 50.2 Å². The minimum Gasteiger partial charge on any atom is -0.494 e. The molecule has 2 aromatic carbocycles. The number of hydrogen-bond acceptors (Lipinski definition) is 8. The van der Waals surface area contributed by atoms with Crippen LogP contribution in [-0.4, -0.2) is 69.2 Å². The number of carbonyl (C=O) groups is 2. The van der Waals surface area contributed by atoms with Gasteiger partial charge in [0.1, 0.15) is 46.1 Å². The number of methoxy groups -OCH3 is 1. The molecule has 0 spiro atoms. The Hall–Kier alpha value is -4.55. The maximum atomic E-state index is 13.9. The first kappa shape index (κ1) is 31.4. The fourth-order valence-corrected chi connectivity index (χ4v) is 5.92. The minimum atomic E-state index is -1.59. The maximum Gasteiger partial charge on any atom is 0.251 e. The van der Waals surface area contributed by atoms with Crippen LogP contribution >= 0.6 is 0 Å². The lowest BCUT2D eigenvalue weighted by Crippen LogP contribution is -2.48. The first-order valence-electron chi connectivity index (χ1n) is 15.2. The summed E-state index contributed by atoms with van der Waals surface area (Å²) >= 11 is 0. The number of nitrogens with zero attached hydrogens (tertiary/aromatic N) is 3. The molecular weight excluding hydrogens is 593 g/mol. The predicted octanol–water partition coefficient (Wildman–Crippen LogP) is 3.35. The van der Waals surface area contributed by atoms with Crippen molar-refractivity contribution >= 4 is 22.7 Å². The number of amides is 2. The number of rotatable bonds is 10. The lowest BCUT2D eigenvalue weighted by molar-refractivity contribution is -0.127. The second-order valence-corrected chi connectivity index (χ2v) is 13.2. The zero-order chi connectivity index (χ0) is 33.0. The average Bonchev–Trinajstić information content (AvgIpc) is 3.73. The van der Waals surface area contributed by atoms with E-state index >= 15 is 0 Å². The molecule has 6 rings (SSSR count). The van der Waals surface area contributed by atoms with Gasteiger partial charge in [0.25, 0.3) is 5.91 Å². The van der Waals surface area contributed by atoms with Crippen LogP contribution in [0, 0.1) is 11.7 Å². The van der Waals surface area contributed by atoms with Crippen LogP contribution in [0.3, 0.4) is 0 Å². The molecule has 2 aromatic heterocycles. The summed E-state index contributed by atoms with van der Waals surface area (Å²) in [4.78, 5) is 31.9. The van der Waals surface area contributed by atoms with Crippen molar-refractivity contribution in [2.24, 2.45) is 13.0 Å². The van der Waals surface area contributed by atoms with Gasteiger partial charge in [-0.25, -0.2) is 9.37 Å². The Balaban J connectivity index is 1.38. The Kier molecular flexibility index (Phi) is 7.76. The van der Waals surface area contributed by atoms with Gasteiger partial charge in [-0.2, -0.15) is 5.10 Å². The molecule has 11 nitrogen and oxygen atoms in total. The summed E-state index contributed by atoms with van der Waals surface area (Å²) in [7, 11) is 3.30. The third kappa shape index (κ3) is 5.78. The number of ether oxygens (including phenoxy) is 2. The molecule has 1 aliphatic carbocycles. The monoisotopic (exact) mass is 631 g/mol. The number of hydrogen-bond donors (Lipinski definition) is 4. The Morgan fingerprint density at radius 1 is 1.13 bits per heavy atom. The van der Waals surface area contributed by atoms with Crippen molar-refractivity contribution in [2.75, 3.05) is 26.8 Å². The highest BCUT2D eigenvalue weighted by molar-refractivity contribution is 6.00. The minimum absolute atomic E-state index is 0.00337. The summed E-state index contributed by atoms with van der Waals surface area (Å²) < 4.78 is 27.1. The fraction of sp³-hybridized carbons (Fsp3) is 0.412. The molecule has 0 saturated heterocycles. The molecule has 4 aromatic rings. The van der Waals surface area contributed by atoms with E-state index in [4.69, 9.17) is 14.5 Å². The molecule has 0 bridgehead atoms. The summed E-state index contributed by atoms with van der Waals surface area (Å²) in [6.45, 7) is 4.79. The second-order valence-electron chi connectivity index (χ2n) is 13.2. The van der Waals surface area contributed by atoms with Crippen molar-refractivity contribution in [3.05, 3.63) is 71.3 Å². The van der Waals surface area contributed by atoms with Gasteiger partial charge in [0.15, 0.2) is 0 Å². The van der Waals surface area contributed by atoms with Crippen LogP contribution < -0.4 is 20.1 Å². The van der Waals surface area contributed by atoms with Crippen molar-refractivity contribution in [3.8, 4) is 22.8 Å². The zero-order valence-electron chi connectivity index (χ0n) is 26.5. The number of halogens is 1. The van der Waals surface area contributed by atoms with E-state index in [0.717, 1.165) is 5.39 Å². The number of benzene rings is 2. The Morgan fingerprint density at radius 2 is 1.85 bits per heavy atom. The molecule has 46 heavy (non-hydrogen) atoms. The first-order chi connectivity index (χ1) is 21.7. The fourth-order valence-electron chi connectivity index (χ4n) is 5.92. The quantitative estimate of drug-likeness (QED) is 0.208. The summed E-state index contributed by atoms with van der Waals surface area (Å²) in [5.41, 5.74) is -1.28. The van der Waals surface area contributed by atoms with Gasteiger partial charge >= 0.3 is 0 Å². The molecule has 1 fully saturated rings. The van der Waals surface area contributed by atoms with Gasteiger partial charge < -0.3 is 30.3 Å². The highest BCUT2D eigenvalue weighted by Gasteiger charge is 2.50. The molecule has 242 valence electrons. The Morgan fingerprint density at radius 3 is 2.50 bits per heavy atom. The number of aliphatic hydroxyl groups is 2. The van der Waals surface area contributed by atoms with Gasteiger partial charge in [-0.1, -0.05) is 0 Å². The molecule has 4 N–H and O–H groups in total. The molecule has 2 amide bonds. The summed E-state index contributed by atoms with van der Waals surface area (Å²) in [6, 6.07) is 10.7. The SMILES string of the molecule is COc1cc(C(=O)NC[C@](O)(c2cc3c(c(-c4ccc(F)cc4)n2)OC[C@]3(C)C(=O)NCC(C)(C)O)C2CC2)cc2cn(C)nc12. The van der Waals surface area contributed by atoms with Gasteiger partial charge in [0, 0.05) is 41.9 Å². The molecule has 1 aliphatic heterocycles. The molecule has 0 unspecified atom stereocenters. The third-order valence-corrected chi connectivity index (χ3v) is 8.76. The van der Waals surface area contributed by atoms with Crippen LogP contribution in [0.15, 0.2) is 48.7 Å². The maximum absolute atomic E-state index is 13.9. The van der Waals surface area contributed by atoms with E-state index in [1.807, 2.05) is 0 Å². The van der Waals surface area contributed by atoms with Crippen LogP contribution in [0.4, 0.5) is 4.39 Å². The van der Waals surface area contributed by atoms with Crippen LogP contribution in [0.5, 0.6) is 11.5 Å². The Labute approximate surface area is 265 Å². The standard InChI is InChI=1S/C34H38FN5O6/c1-32(2,43)16-37-31(42)33(3)18-46-29-24(33)14-26(38-28(29)19-6-10-23(35)11-7-19)34(44,22-8-9-22)17-36-30(41)20-12-21-15-40(4)39-27(21)25(13-20)45-5/h6-7,10-15,22,43-44H,8-9,16-18H2,1-5H3,(H,36,41)(H,37,42)/t33-,34+/m0/s1. The van der Waals surface area contributed by atoms with E-state index in [9.17, 15) is 24.2 Å². The number of aryl methyl sites for hydroxylation is 1. The second kappa shape index (κ2) is 11.4. The highest BCUT2D eigenvalue weighted by Crippen LogP contribution is 2.50. The predicted molar refractivity (Wildman–Crippen MR) is 168 cm³/mol. The van der Waals surface area contributed by atoms with E-state index < -0.39 is 28.3 Å². The number of carbonyl (C=O) groups excluding carboxylic acids is 2. The third-order valence-electron chi connectivity index (χ3n) is 8.76. The van der Waals surface area contributed by atoms with Gasteiger partial charge in [0.05, 0.1) is 24.9 Å². The molecule has 2 atom stereocenters. The molecule has 12 heteroatoms. The van der Waals surface area contributed by atoms with E-state index in [0.29, 0.717) is 52.2 Å². The van der Waals surface area contributed by atoms with Gasteiger partial charge in [-0.15, -0.1) is 0 Å². The zero-order valence-corrected chi connectivity index (χ0v) is 26.5. The number of nitrogens with one attached hydrogen (secondary N) is 2. The summed E-state index contributed by atoms with van der Waals surface area (Å²) in [5.74, 6) is -0.595. The van der Waals surface area contributed by atoms with E-state index in [-0.39, 0.29) is 37.2 Å². The molecule has 3 heterocycles. The van der Waals surface area contributed by atoms with E-state index in [2.05, 4.69) is 15.7 Å². The summed E-state index contributed by atoms with van der Waals surface area (Å²) in [6.07, 6.45) is 3.22. The average molecular weight is 632 g/mol. The van der Waals surface area contributed by atoms with E-state index in [1.165, 1.54) is 19.2 Å². The van der Waals surface area contributed by atoms with Crippen LogP contribution in [0.1, 0.15) is 55.2 Å². The molecule has 0 radical (unpaired) electrons. The lowest BCUT2D eigenvalue weighted by atomic mass is 9.80. The molecule has 2 aliphatic rings.